The number of benzene rings is 2. The highest BCUT2D eigenvalue weighted by atomic mass is 35.5. The van der Waals surface area contributed by atoms with E-state index in [0.29, 0.717) is 21.8 Å². The maximum Gasteiger partial charge on any atom is 0.383 e. The van der Waals surface area contributed by atoms with Crippen LogP contribution in [0, 0.1) is 5.21 Å². The van der Waals surface area contributed by atoms with Gasteiger partial charge in [-0.05, 0) is 30.3 Å². The number of halogens is 2. The molecule has 0 radical (unpaired) electrons. The number of nitrogens with zero attached hydrogens (tertiary/aromatic N) is 2. The normalized spacial score (nSPS) is 18.2. The number of anilines is 1. The molecular weight excluding hydrogens is 307 g/mol. The van der Waals surface area contributed by atoms with E-state index in [1.165, 1.54) is 7.05 Å². The first-order valence-electron chi connectivity index (χ1n) is 6.61. The van der Waals surface area contributed by atoms with E-state index in [2.05, 4.69) is 0 Å². The molecule has 1 amide bonds. The number of fused-ring (bicyclic) bond motifs is 1. The third-order valence-electron chi connectivity index (χ3n) is 3.58. The summed E-state index contributed by atoms with van der Waals surface area (Å²) in [4.78, 5) is 13.2. The third-order valence-corrected chi connectivity index (χ3v) is 3.82. The number of carbonyl (C=O) groups is 1. The summed E-state index contributed by atoms with van der Waals surface area (Å²) in [6, 6.07) is 13.4. The van der Waals surface area contributed by atoms with Crippen LogP contribution in [-0.4, -0.2) is 29.7 Å². The summed E-state index contributed by atoms with van der Waals surface area (Å²) >= 11 is 6.02. The molecule has 0 saturated carbocycles. The van der Waals surface area contributed by atoms with Crippen LogP contribution in [0.2, 0.25) is 5.02 Å². The summed E-state index contributed by atoms with van der Waals surface area (Å²) < 4.78 is 14.4. The second-order valence-electron chi connectivity index (χ2n) is 4.93. The molecule has 0 N–H and O–H groups in total. The molecule has 1 aliphatic rings. The Kier molecular flexibility index (Phi) is 3.58. The lowest BCUT2D eigenvalue weighted by atomic mass is 10.0. The standard InChI is InChI=1S/C16H12ClFN2O2/c1-19-13-8-7-11(17)9-12(13)14(10-5-3-2-4-6-10)20(22)15(18)16(19)21/h2-9,15H,1H3. The van der Waals surface area contributed by atoms with Crippen LogP contribution in [-0.2, 0) is 4.79 Å². The van der Waals surface area contributed by atoms with Crippen molar-refractivity contribution in [3.05, 3.63) is 69.9 Å². The maximum atomic E-state index is 14.3. The van der Waals surface area contributed by atoms with Gasteiger partial charge >= 0.3 is 12.2 Å². The number of hydrogen-bond acceptors (Lipinski definition) is 2. The molecule has 0 bridgehead atoms. The van der Waals surface area contributed by atoms with E-state index in [-0.39, 0.29) is 10.5 Å². The van der Waals surface area contributed by atoms with E-state index in [1.807, 2.05) is 0 Å². The van der Waals surface area contributed by atoms with Crippen molar-refractivity contribution in [1.82, 2.24) is 0 Å². The van der Waals surface area contributed by atoms with Gasteiger partial charge in [-0.1, -0.05) is 29.8 Å². The molecule has 22 heavy (non-hydrogen) atoms. The van der Waals surface area contributed by atoms with E-state index in [0.717, 1.165) is 4.90 Å². The van der Waals surface area contributed by atoms with Crippen LogP contribution in [0.15, 0.2) is 48.5 Å². The first kappa shape index (κ1) is 14.5. The van der Waals surface area contributed by atoms with E-state index >= 15 is 0 Å². The van der Waals surface area contributed by atoms with Crippen LogP contribution >= 0.6 is 11.6 Å². The molecule has 0 aliphatic carbocycles. The Balaban J connectivity index is 2.36. The Hall–Kier alpha value is -2.40. The Morgan fingerprint density at radius 1 is 1.23 bits per heavy atom. The van der Waals surface area contributed by atoms with Crippen molar-refractivity contribution in [3.8, 4) is 0 Å². The minimum Gasteiger partial charge on any atom is -0.621 e. The van der Waals surface area contributed by atoms with E-state index in [4.69, 9.17) is 11.6 Å². The fourth-order valence-electron chi connectivity index (χ4n) is 2.48. The summed E-state index contributed by atoms with van der Waals surface area (Å²) in [7, 11) is 1.43. The quantitative estimate of drug-likeness (QED) is 0.461. The van der Waals surface area contributed by atoms with Crippen molar-refractivity contribution >= 4 is 28.9 Å². The molecule has 4 nitrogen and oxygen atoms in total. The molecule has 0 saturated heterocycles. The Morgan fingerprint density at radius 3 is 2.59 bits per heavy atom. The lowest BCUT2D eigenvalue weighted by Crippen LogP contribution is -2.38. The van der Waals surface area contributed by atoms with Gasteiger partial charge in [0.25, 0.3) is 0 Å². The molecule has 0 spiro atoms. The fraction of sp³-hybridized carbons (Fsp3) is 0.125. The van der Waals surface area contributed by atoms with E-state index < -0.39 is 12.2 Å². The van der Waals surface area contributed by atoms with Crippen molar-refractivity contribution in [2.24, 2.45) is 0 Å². The Bertz CT molecular complexity index is 777. The number of hydroxylamine groups is 1. The largest absolute Gasteiger partial charge is 0.621 e. The predicted octanol–water partition coefficient (Wildman–Crippen LogP) is 2.96. The SMILES string of the molecule is CN1C(=O)C(F)[N+]([O-])=C(c2ccccc2)c2cc(Cl)ccc21. The van der Waals surface area contributed by atoms with Crippen LogP contribution in [0.5, 0.6) is 0 Å². The fourth-order valence-corrected chi connectivity index (χ4v) is 2.65. The monoisotopic (exact) mass is 318 g/mol. The Labute approximate surface area is 131 Å². The van der Waals surface area contributed by atoms with Crippen LogP contribution in [0.25, 0.3) is 0 Å². The summed E-state index contributed by atoms with van der Waals surface area (Å²) in [6.07, 6.45) is -2.30. The molecule has 2 aromatic rings. The number of alkyl halides is 1. The highest BCUT2D eigenvalue weighted by Gasteiger charge is 2.38. The first-order valence-corrected chi connectivity index (χ1v) is 6.99. The number of amides is 1. The summed E-state index contributed by atoms with van der Waals surface area (Å²) in [5.74, 6) is -0.912. The van der Waals surface area contributed by atoms with Gasteiger partial charge in [-0.25, -0.2) is 0 Å². The van der Waals surface area contributed by atoms with Gasteiger partial charge in [0.2, 0.25) is 5.71 Å². The van der Waals surface area contributed by atoms with Gasteiger partial charge in [-0.2, -0.15) is 9.13 Å². The van der Waals surface area contributed by atoms with Gasteiger partial charge in [0.15, 0.2) is 0 Å². The Morgan fingerprint density at radius 2 is 1.91 bits per heavy atom. The second-order valence-corrected chi connectivity index (χ2v) is 5.37. The van der Waals surface area contributed by atoms with Gasteiger partial charge in [0.1, 0.15) is 0 Å². The zero-order chi connectivity index (χ0) is 15.9. The lowest BCUT2D eigenvalue weighted by Gasteiger charge is -2.16. The van der Waals surface area contributed by atoms with Gasteiger partial charge in [0.05, 0.1) is 11.3 Å². The number of benzodiazepines with no additional fused rings is 1. The first-order chi connectivity index (χ1) is 10.5. The molecular formula is C16H12ClFN2O2. The molecule has 1 aliphatic heterocycles. The average molecular weight is 319 g/mol. The molecule has 1 atom stereocenters. The van der Waals surface area contributed by atoms with Crippen molar-refractivity contribution in [2.45, 2.75) is 6.30 Å². The van der Waals surface area contributed by atoms with Crippen molar-refractivity contribution in [3.63, 3.8) is 0 Å². The number of hydrogen-bond donors (Lipinski definition) is 0. The van der Waals surface area contributed by atoms with Gasteiger partial charge < -0.3 is 10.1 Å². The van der Waals surface area contributed by atoms with Crippen LogP contribution in [0.1, 0.15) is 11.1 Å². The van der Waals surface area contributed by atoms with Crippen molar-refractivity contribution in [2.75, 3.05) is 11.9 Å². The zero-order valence-corrected chi connectivity index (χ0v) is 12.4. The van der Waals surface area contributed by atoms with Crippen LogP contribution in [0.3, 0.4) is 0 Å². The van der Waals surface area contributed by atoms with Gasteiger partial charge in [-0.15, -0.1) is 0 Å². The number of carbonyl (C=O) groups excluding carboxylic acids is 1. The van der Waals surface area contributed by atoms with Crippen molar-refractivity contribution < 1.29 is 13.9 Å². The topological polar surface area (TPSA) is 46.4 Å². The highest BCUT2D eigenvalue weighted by Crippen LogP contribution is 2.30. The molecule has 112 valence electrons. The van der Waals surface area contributed by atoms with E-state index in [1.54, 1.807) is 48.5 Å². The van der Waals surface area contributed by atoms with Crippen LogP contribution < -0.4 is 4.90 Å². The van der Waals surface area contributed by atoms with Crippen molar-refractivity contribution in [1.29, 1.82) is 0 Å². The average Bonchev–Trinajstić information content (AvgIpc) is 2.59. The molecule has 1 heterocycles. The predicted molar refractivity (Wildman–Crippen MR) is 83.0 cm³/mol. The summed E-state index contributed by atoms with van der Waals surface area (Å²) in [5.41, 5.74) is 1.47. The molecule has 2 aromatic carbocycles. The maximum absolute atomic E-state index is 14.3. The number of likely N-dealkylation sites (N-methyl/N-ethyl adjacent to an activating group) is 1. The zero-order valence-electron chi connectivity index (χ0n) is 11.7. The molecule has 0 fully saturated rings. The highest BCUT2D eigenvalue weighted by molar-refractivity contribution is 6.31. The van der Waals surface area contributed by atoms with E-state index in [9.17, 15) is 14.4 Å². The molecule has 0 aromatic heterocycles. The minimum absolute atomic E-state index is 0.0864. The minimum atomic E-state index is -2.30. The van der Waals surface area contributed by atoms with Crippen LogP contribution in [0.4, 0.5) is 10.1 Å². The smallest absolute Gasteiger partial charge is 0.383 e. The summed E-state index contributed by atoms with van der Waals surface area (Å²) in [5, 5.41) is 12.8. The second kappa shape index (κ2) is 5.42. The molecule has 6 heteroatoms. The van der Waals surface area contributed by atoms with Gasteiger partial charge in [0, 0.05) is 17.6 Å². The molecule has 3 rings (SSSR count). The lowest BCUT2D eigenvalue weighted by molar-refractivity contribution is -0.515. The van der Waals surface area contributed by atoms with Gasteiger partial charge in [-0.3, -0.25) is 4.79 Å². The number of rotatable bonds is 1. The molecule has 1 unspecified atom stereocenters. The third kappa shape index (κ3) is 2.23. The summed E-state index contributed by atoms with van der Waals surface area (Å²) in [6.45, 7) is 0.